The Hall–Kier alpha value is -2.21. The van der Waals surface area contributed by atoms with Gasteiger partial charge in [-0.1, -0.05) is 18.2 Å². The van der Waals surface area contributed by atoms with Gasteiger partial charge in [0.15, 0.2) is 6.10 Å². The number of hydrogen-bond acceptors (Lipinski definition) is 4. The summed E-state index contributed by atoms with van der Waals surface area (Å²) in [6, 6.07) is 9.41. The van der Waals surface area contributed by atoms with E-state index in [1.165, 1.54) is 19.2 Å². The average molecular weight is 296 g/mol. The second-order valence-corrected chi connectivity index (χ2v) is 4.49. The molecule has 1 unspecified atom stereocenters. The van der Waals surface area contributed by atoms with E-state index in [0.29, 0.717) is 11.1 Å². The SMILES string of the molecule is COC(=O)C(F)(F)C(O)c1ccc2cc(OC)ccc2c1. The lowest BCUT2D eigenvalue weighted by Gasteiger charge is -2.20. The average Bonchev–Trinajstić information content (AvgIpc) is 2.51. The molecular weight excluding hydrogens is 282 g/mol. The third kappa shape index (κ3) is 2.80. The van der Waals surface area contributed by atoms with Crippen molar-refractivity contribution in [1.82, 2.24) is 0 Å². The second-order valence-electron chi connectivity index (χ2n) is 4.49. The number of ether oxygens (including phenoxy) is 2. The smallest absolute Gasteiger partial charge is 0.379 e. The van der Waals surface area contributed by atoms with Crippen LogP contribution in [0.25, 0.3) is 10.8 Å². The number of carbonyl (C=O) groups is 1. The molecule has 0 aliphatic carbocycles. The van der Waals surface area contributed by atoms with E-state index >= 15 is 0 Å². The van der Waals surface area contributed by atoms with Gasteiger partial charge in [-0.25, -0.2) is 4.79 Å². The zero-order chi connectivity index (χ0) is 15.6. The number of benzene rings is 2. The maximum Gasteiger partial charge on any atom is 0.379 e. The van der Waals surface area contributed by atoms with Crippen LogP contribution in [0.15, 0.2) is 36.4 Å². The quantitative estimate of drug-likeness (QED) is 0.881. The zero-order valence-electron chi connectivity index (χ0n) is 11.5. The van der Waals surface area contributed by atoms with E-state index in [1.54, 1.807) is 24.3 Å². The summed E-state index contributed by atoms with van der Waals surface area (Å²) in [6.45, 7) is 0. The number of esters is 1. The normalized spacial score (nSPS) is 13.0. The van der Waals surface area contributed by atoms with Crippen LogP contribution in [0.1, 0.15) is 11.7 Å². The number of methoxy groups -OCH3 is 2. The monoisotopic (exact) mass is 296 g/mol. The van der Waals surface area contributed by atoms with E-state index in [2.05, 4.69) is 4.74 Å². The lowest BCUT2D eigenvalue weighted by atomic mass is 9.99. The molecular formula is C15H14F2O4. The van der Waals surface area contributed by atoms with Crippen LogP contribution in [0, 0.1) is 0 Å². The predicted octanol–water partition coefficient (Wildman–Crippen LogP) is 2.69. The van der Waals surface area contributed by atoms with E-state index in [1.807, 2.05) is 0 Å². The molecule has 0 fully saturated rings. The fourth-order valence-corrected chi connectivity index (χ4v) is 2.00. The van der Waals surface area contributed by atoms with Crippen LogP contribution < -0.4 is 4.74 Å². The van der Waals surface area contributed by atoms with Gasteiger partial charge in [0.2, 0.25) is 0 Å². The first kappa shape index (κ1) is 15.2. The third-order valence-electron chi connectivity index (χ3n) is 3.19. The molecule has 21 heavy (non-hydrogen) atoms. The number of rotatable bonds is 4. The van der Waals surface area contributed by atoms with Crippen molar-refractivity contribution < 1.29 is 28.2 Å². The second kappa shape index (κ2) is 5.65. The van der Waals surface area contributed by atoms with E-state index in [4.69, 9.17) is 4.74 Å². The Kier molecular flexibility index (Phi) is 4.09. The maximum absolute atomic E-state index is 13.7. The van der Waals surface area contributed by atoms with Crippen molar-refractivity contribution in [2.45, 2.75) is 12.0 Å². The van der Waals surface area contributed by atoms with Gasteiger partial charge in [-0.15, -0.1) is 0 Å². The molecule has 0 saturated heterocycles. The molecule has 0 radical (unpaired) electrons. The van der Waals surface area contributed by atoms with E-state index in [-0.39, 0.29) is 5.56 Å². The van der Waals surface area contributed by atoms with Gasteiger partial charge in [0.25, 0.3) is 0 Å². The Bertz CT molecular complexity index is 670. The highest BCUT2D eigenvalue weighted by molar-refractivity contribution is 5.85. The zero-order valence-corrected chi connectivity index (χ0v) is 11.5. The molecule has 0 amide bonds. The molecule has 0 bridgehead atoms. The van der Waals surface area contributed by atoms with Crippen LogP contribution >= 0.6 is 0 Å². The first-order chi connectivity index (χ1) is 9.90. The lowest BCUT2D eigenvalue weighted by Crippen LogP contribution is -2.36. The summed E-state index contributed by atoms with van der Waals surface area (Å²) < 4.78 is 36.4. The van der Waals surface area contributed by atoms with Crippen molar-refractivity contribution in [2.24, 2.45) is 0 Å². The van der Waals surface area contributed by atoms with Gasteiger partial charge in [0, 0.05) is 0 Å². The highest BCUT2D eigenvalue weighted by Crippen LogP contribution is 2.34. The van der Waals surface area contributed by atoms with Crippen molar-refractivity contribution >= 4 is 16.7 Å². The molecule has 0 saturated carbocycles. The van der Waals surface area contributed by atoms with Crippen LogP contribution in [-0.4, -0.2) is 31.2 Å². The summed E-state index contributed by atoms with van der Waals surface area (Å²) in [5.41, 5.74) is -0.0666. The van der Waals surface area contributed by atoms with Gasteiger partial charge in [-0.2, -0.15) is 8.78 Å². The maximum atomic E-state index is 13.7. The van der Waals surface area contributed by atoms with E-state index < -0.39 is 18.0 Å². The summed E-state index contributed by atoms with van der Waals surface area (Å²) in [5, 5.41) is 11.2. The number of hydrogen-bond donors (Lipinski definition) is 1. The summed E-state index contributed by atoms with van der Waals surface area (Å²) >= 11 is 0. The largest absolute Gasteiger partial charge is 0.497 e. The Balaban J connectivity index is 2.41. The number of fused-ring (bicyclic) bond motifs is 1. The van der Waals surface area contributed by atoms with Gasteiger partial charge < -0.3 is 14.6 Å². The summed E-state index contributed by atoms with van der Waals surface area (Å²) in [6.07, 6.45) is -2.27. The number of aliphatic hydroxyl groups excluding tert-OH is 1. The van der Waals surface area contributed by atoms with Gasteiger partial charge in [0.1, 0.15) is 5.75 Å². The molecule has 2 aromatic carbocycles. The molecule has 6 heteroatoms. The Morgan fingerprint density at radius 1 is 1.14 bits per heavy atom. The van der Waals surface area contributed by atoms with Crippen LogP contribution in [0.2, 0.25) is 0 Å². The summed E-state index contributed by atoms with van der Waals surface area (Å²) in [7, 11) is 2.37. The molecule has 0 aliphatic heterocycles. The number of carbonyl (C=O) groups excluding carboxylic acids is 1. The molecule has 0 aromatic heterocycles. The van der Waals surface area contributed by atoms with Crippen molar-refractivity contribution in [1.29, 1.82) is 0 Å². The molecule has 4 nitrogen and oxygen atoms in total. The first-order valence-corrected chi connectivity index (χ1v) is 6.12. The van der Waals surface area contributed by atoms with Crippen LogP contribution in [0.5, 0.6) is 5.75 Å². The van der Waals surface area contributed by atoms with Crippen molar-refractivity contribution in [3.05, 3.63) is 42.0 Å². The van der Waals surface area contributed by atoms with E-state index in [0.717, 1.165) is 12.5 Å². The van der Waals surface area contributed by atoms with Crippen LogP contribution in [0.4, 0.5) is 8.78 Å². The summed E-state index contributed by atoms with van der Waals surface area (Å²) in [4.78, 5) is 11.0. The van der Waals surface area contributed by atoms with Gasteiger partial charge in [0.05, 0.1) is 14.2 Å². The fraction of sp³-hybridized carbons (Fsp3) is 0.267. The molecule has 1 N–H and O–H groups in total. The first-order valence-electron chi connectivity index (χ1n) is 6.12. The number of halogens is 2. The number of alkyl halides is 2. The van der Waals surface area contributed by atoms with E-state index in [9.17, 15) is 18.7 Å². The van der Waals surface area contributed by atoms with Crippen molar-refractivity contribution in [3.8, 4) is 5.75 Å². The summed E-state index contributed by atoms with van der Waals surface area (Å²) in [5.74, 6) is -5.14. The molecule has 1 atom stereocenters. The van der Waals surface area contributed by atoms with Gasteiger partial charge >= 0.3 is 11.9 Å². The number of aliphatic hydroxyl groups is 1. The molecule has 0 aliphatic rings. The molecule has 0 heterocycles. The Labute approximate surface area is 119 Å². The highest BCUT2D eigenvalue weighted by Gasteiger charge is 2.48. The predicted molar refractivity (Wildman–Crippen MR) is 72.4 cm³/mol. The highest BCUT2D eigenvalue weighted by atomic mass is 19.3. The molecule has 2 aromatic rings. The minimum absolute atomic E-state index is 0.0666. The standard InChI is InChI=1S/C15H14F2O4/c1-20-12-6-5-9-7-11(4-3-10(9)8-12)13(18)15(16,17)14(19)21-2/h3-8,13,18H,1-2H3. The molecule has 0 spiro atoms. The Morgan fingerprint density at radius 3 is 2.38 bits per heavy atom. The third-order valence-corrected chi connectivity index (χ3v) is 3.19. The van der Waals surface area contributed by atoms with Crippen LogP contribution in [0.3, 0.4) is 0 Å². The van der Waals surface area contributed by atoms with Gasteiger partial charge in [-0.05, 0) is 34.5 Å². The minimum Gasteiger partial charge on any atom is -0.497 e. The van der Waals surface area contributed by atoms with Crippen LogP contribution in [-0.2, 0) is 9.53 Å². The van der Waals surface area contributed by atoms with Crippen molar-refractivity contribution in [3.63, 3.8) is 0 Å². The van der Waals surface area contributed by atoms with Crippen molar-refractivity contribution in [2.75, 3.05) is 14.2 Å². The molecule has 2 rings (SSSR count). The lowest BCUT2D eigenvalue weighted by molar-refractivity contribution is -0.186. The topological polar surface area (TPSA) is 55.8 Å². The molecule has 112 valence electrons. The van der Waals surface area contributed by atoms with Gasteiger partial charge in [-0.3, -0.25) is 0 Å². The Morgan fingerprint density at radius 2 is 1.76 bits per heavy atom. The minimum atomic E-state index is -4.01. The fourth-order valence-electron chi connectivity index (χ4n) is 2.00.